The summed E-state index contributed by atoms with van der Waals surface area (Å²) in [5.74, 6) is -0.289. The lowest BCUT2D eigenvalue weighted by molar-refractivity contribution is 0.628. The summed E-state index contributed by atoms with van der Waals surface area (Å²) >= 11 is 0. The number of aromatic amines is 1. The van der Waals surface area contributed by atoms with Gasteiger partial charge < -0.3 is 0 Å². The summed E-state index contributed by atoms with van der Waals surface area (Å²) in [6, 6.07) is 7.62. The Morgan fingerprint density at radius 1 is 1.21 bits per heavy atom. The van der Waals surface area contributed by atoms with Crippen LogP contribution in [0.2, 0.25) is 0 Å². The fourth-order valence-electron chi connectivity index (χ4n) is 2.23. The molecular formula is C14H12FN3O. The number of H-pyrrole nitrogens is 1. The van der Waals surface area contributed by atoms with Crippen molar-refractivity contribution < 1.29 is 4.39 Å². The smallest absolute Gasteiger partial charge is 0.272 e. The van der Waals surface area contributed by atoms with Gasteiger partial charge in [-0.3, -0.25) is 9.89 Å². The Bertz CT molecular complexity index is 815. The minimum absolute atomic E-state index is 0.154. The number of nitrogens with zero attached hydrogens (tertiary/aromatic N) is 2. The van der Waals surface area contributed by atoms with Crippen LogP contribution in [0.15, 0.2) is 35.1 Å². The molecule has 0 aliphatic rings. The van der Waals surface area contributed by atoms with E-state index in [1.54, 1.807) is 19.1 Å². The van der Waals surface area contributed by atoms with Crippen molar-refractivity contribution in [1.82, 2.24) is 14.6 Å². The number of halogens is 1. The van der Waals surface area contributed by atoms with Crippen LogP contribution in [0, 0.1) is 19.7 Å². The molecule has 0 saturated carbocycles. The molecular weight excluding hydrogens is 245 g/mol. The van der Waals surface area contributed by atoms with Crippen LogP contribution in [-0.4, -0.2) is 14.6 Å². The molecule has 2 aromatic heterocycles. The zero-order valence-corrected chi connectivity index (χ0v) is 10.6. The molecule has 0 aliphatic carbocycles. The second kappa shape index (κ2) is 4.05. The molecule has 0 amide bonds. The lowest BCUT2D eigenvalue weighted by Gasteiger charge is -2.01. The van der Waals surface area contributed by atoms with Gasteiger partial charge in [-0.2, -0.15) is 0 Å². The summed E-state index contributed by atoms with van der Waals surface area (Å²) in [6.07, 6.45) is 0. The topological polar surface area (TPSA) is 50.2 Å². The number of aryl methyl sites for hydroxylation is 2. The lowest BCUT2D eigenvalue weighted by Crippen LogP contribution is -2.14. The Morgan fingerprint density at radius 2 is 1.89 bits per heavy atom. The molecule has 0 spiro atoms. The van der Waals surface area contributed by atoms with E-state index in [-0.39, 0.29) is 11.4 Å². The zero-order chi connectivity index (χ0) is 13.6. The third-order valence-corrected chi connectivity index (χ3v) is 3.06. The number of rotatable bonds is 1. The molecule has 96 valence electrons. The van der Waals surface area contributed by atoms with Gasteiger partial charge >= 0.3 is 0 Å². The molecule has 2 heterocycles. The molecule has 5 heteroatoms. The van der Waals surface area contributed by atoms with Crippen molar-refractivity contribution in [1.29, 1.82) is 0 Å². The van der Waals surface area contributed by atoms with Crippen LogP contribution in [0.5, 0.6) is 0 Å². The van der Waals surface area contributed by atoms with Gasteiger partial charge in [0, 0.05) is 23.0 Å². The molecule has 0 radical (unpaired) electrons. The summed E-state index contributed by atoms with van der Waals surface area (Å²) in [7, 11) is 0. The van der Waals surface area contributed by atoms with Crippen LogP contribution in [0.4, 0.5) is 4.39 Å². The maximum Gasteiger partial charge on any atom is 0.272 e. The van der Waals surface area contributed by atoms with Crippen LogP contribution >= 0.6 is 0 Å². The molecule has 4 nitrogen and oxygen atoms in total. The van der Waals surface area contributed by atoms with Crippen molar-refractivity contribution in [2.75, 3.05) is 0 Å². The Kier molecular flexibility index (Phi) is 2.48. The normalized spacial score (nSPS) is 11.1. The van der Waals surface area contributed by atoms with Gasteiger partial charge in [0.2, 0.25) is 0 Å². The van der Waals surface area contributed by atoms with Crippen LogP contribution in [0.3, 0.4) is 0 Å². The minimum Gasteiger partial charge on any atom is -0.293 e. The highest BCUT2D eigenvalue weighted by Gasteiger charge is 2.13. The Morgan fingerprint density at radius 3 is 2.58 bits per heavy atom. The van der Waals surface area contributed by atoms with Crippen molar-refractivity contribution in [3.8, 4) is 11.1 Å². The van der Waals surface area contributed by atoms with Gasteiger partial charge in [0.1, 0.15) is 5.82 Å². The van der Waals surface area contributed by atoms with E-state index in [9.17, 15) is 9.18 Å². The van der Waals surface area contributed by atoms with Crippen molar-refractivity contribution in [2.24, 2.45) is 0 Å². The fraction of sp³-hybridized carbons (Fsp3) is 0.143. The summed E-state index contributed by atoms with van der Waals surface area (Å²) in [5.41, 5.74) is 3.54. The SMILES string of the molecule is Cc1cc(=O)n2[nH]c(C)c(-c3ccc(F)cc3)c2n1. The van der Waals surface area contributed by atoms with Crippen LogP contribution in [0.1, 0.15) is 11.4 Å². The molecule has 0 aliphatic heterocycles. The maximum atomic E-state index is 13.0. The van der Waals surface area contributed by atoms with Gasteiger partial charge in [-0.1, -0.05) is 12.1 Å². The number of hydrogen-bond donors (Lipinski definition) is 1. The highest BCUT2D eigenvalue weighted by Crippen LogP contribution is 2.26. The van der Waals surface area contributed by atoms with Gasteiger partial charge in [0.25, 0.3) is 5.56 Å². The van der Waals surface area contributed by atoms with Crippen LogP contribution in [0.25, 0.3) is 16.8 Å². The summed E-state index contributed by atoms with van der Waals surface area (Å²) in [4.78, 5) is 16.3. The highest BCUT2D eigenvalue weighted by atomic mass is 19.1. The molecule has 0 unspecified atom stereocenters. The first-order valence-corrected chi connectivity index (χ1v) is 5.91. The van der Waals surface area contributed by atoms with Crippen LogP contribution < -0.4 is 5.56 Å². The second-order valence-corrected chi connectivity index (χ2v) is 4.51. The number of hydrogen-bond acceptors (Lipinski definition) is 2. The standard InChI is InChI=1S/C14H12FN3O/c1-8-7-12(19)18-14(16-8)13(9(2)17-18)10-3-5-11(15)6-4-10/h3-7,17H,1-2H3. The highest BCUT2D eigenvalue weighted by molar-refractivity contribution is 5.79. The van der Waals surface area contributed by atoms with Gasteiger partial charge in [-0.25, -0.2) is 13.9 Å². The zero-order valence-electron chi connectivity index (χ0n) is 10.6. The summed E-state index contributed by atoms with van der Waals surface area (Å²) in [5, 5.41) is 2.98. The minimum atomic E-state index is -0.289. The molecule has 1 aromatic carbocycles. The third-order valence-electron chi connectivity index (χ3n) is 3.06. The van der Waals surface area contributed by atoms with E-state index in [0.717, 1.165) is 16.8 Å². The molecule has 0 atom stereocenters. The lowest BCUT2D eigenvalue weighted by atomic mass is 10.1. The average Bonchev–Trinajstić information content (AvgIpc) is 2.67. The van der Waals surface area contributed by atoms with Crippen molar-refractivity contribution in [2.45, 2.75) is 13.8 Å². The molecule has 3 aromatic rings. The van der Waals surface area contributed by atoms with E-state index in [4.69, 9.17) is 0 Å². The number of benzene rings is 1. The van der Waals surface area contributed by atoms with E-state index in [1.807, 2.05) is 6.92 Å². The van der Waals surface area contributed by atoms with Gasteiger partial charge in [0.15, 0.2) is 5.65 Å². The number of fused-ring (bicyclic) bond motifs is 1. The molecule has 3 rings (SSSR count). The Balaban J connectivity index is 2.37. The Hall–Kier alpha value is -2.43. The van der Waals surface area contributed by atoms with Crippen molar-refractivity contribution >= 4 is 5.65 Å². The second-order valence-electron chi connectivity index (χ2n) is 4.51. The predicted octanol–water partition coefficient (Wildman–Crippen LogP) is 2.45. The van der Waals surface area contributed by atoms with Gasteiger partial charge in [-0.15, -0.1) is 0 Å². The van der Waals surface area contributed by atoms with E-state index >= 15 is 0 Å². The molecule has 1 N–H and O–H groups in total. The van der Waals surface area contributed by atoms with Crippen LogP contribution in [-0.2, 0) is 0 Å². The van der Waals surface area contributed by atoms with Crippen molar-refractivity contribution in [3.05, 3.63) is 57.9 Å². The monoisotopic (exact) mass is 257 g/mol. The van der Waals surface area contributed by atoms with Gasteiger partial charge in [-0.05, 0) is 31.5 Å². The Labute approximate surface area is 108 Å². The molecule has 0 bridgehead atoms. The molecule has 19 heavy (non-hydrogen) atoms. The van der Waals surface area contributed by atoms with E-state index in [2.05, 4.69) is 10.1 Å². The maximum absolute atomic E-state index is 13.0. The number of nitrogens with one attached hydrogen (secondary N) is 1. The van der Waals surface area contributed by atoms with E-state index in [0.29, 0.717) is 11.3 Å². The molecule has 0 fully saturated rings. The van der Waals surface area contributed by atoms with Crippen molar-refractivity contribution in [3.63, 3.8) is 0 Å². The first kappa shape index (κ1) is 11.6. The fourth-order valence-corrected chi connectivity index (χ4v) is 2.23. The largest absolute Gasteiger partial charge is 0.293 e. The van der Waals surface area contributed by atoms with E-state index in [1.165, 1.54) is 22.7 Å². The molecule has 0 saturated heterocycles. The van der Waals surface area contributed by atoms with Gasteiger partial charge in [0.05, 0.1) is 0 Å². The third kappa shape index (κ3) is 1.83. The summed E-state index contributed by atoms with van der Waals surface area (Å²) < 4.78 is 14.4. The number of aromatic nitrogens is 3. The predicted molar refractivity (Wildman–Crippen MR) is 70.7 cm³/mol. The summed E-state index contributed by atoms with van der Waals surface area (Å²) in [6.45, 7) is 3.64. The first-order chi connectivity index (χ1) is 9.06. The first-order valence-electron chi connectivity index (χ1n) is 5.91. The van der Waals surface area contributed by atoms with E-state index < -0.39 is 0 Å². The quantitative estimate of drug-likeness (QED) is 0.728. The average molecular weight is 257 g/mol.